The van der Waals surface area contributed by atoms with Crippen LogP contribution in [0.25, 0.3) is 0 Å². The Morgan fingerprint density at radius 3 is 2.79 bits per heavy atom. The van der Waals surface area contributed by atoms with Crippen LogP contribution in [0.3, 0.4) is 0 Å². The van der Waals surface area contributed by atoms with Crippen molar-refractivity contribution in [1.82, 2.24) is 5.32 Å². The van der Waals surface area contributed by atoms with Crippen LogP contribution in [0.2, 0.25) is 0 Å². The number of ether oxygens (including phenoxy) is 1. The highest BCUT2D eigenvalue weighted by molar-refractivity contribution is 8.00. The van der Waals surface area contributed by atoms with E-state index in [0.717, 1.165) is 11.8 Å². The summed E-state index contributed by atoms with van der Waals surface area (Å²) in [5, 5.41) is 2.58. The van der Waals surface area contributed by atoms with Crippen molar-refractivity contribution in [3.63, 3.8) is 0 Å². The maximum absolute atomic E-state index is 13.3. The first kappa shape index (κ1) is 15.5. The summed E-state index contributed by atoms with van der Waals surface area (Å²) in [6, 6.07) is 6.27. The number of nitrogens with one attached hydrogen (secondary N) is 1. The van der Waals surface area contributed by atoms with Crippen LogP contribution in [0, 0.1) is 5.82 Å². The van der Waals surface area contributed by atoms with Crippen molar-refractivity contribution in [2.24, 2.45) is 0 Å². The van der Waals surface area contributed by atoms with Crippen LogP contribution in [-0.2, 0) is 14.3 Å². The summed E-state index contributed by atoms with van der Waals surface area (Å²) in [5.74, 6) is -0.807. The molecule has 0 atom stereocenters. The molecule has 1 amide bonds. The Morgan fingerprint density at radius 1 is 1.37 bits per heavy atom. The van der Waals surface area contributed by atoms with E-state index in [1.165, 1.54) is 6.07 Å². The van der Waals surface area contributed by atoms with Crippen molar-refractivity contribution in [2.45, 2.75) is 18.2 Å². The van der Waals surface area contributed by atoms with Gasteiger partial charge in [-0.05, 0) is 19.1 Å². The Kier molecular flexibility index (Phi) is 6.95. The van der Waals surface area contributed by atoms with Gasteiger partial charge in [-0.25, -0.2) is 4.39 Å². The summed E-state index contributed by atoms with van der Waals surface area (Å²) < 4.78 is 18.0. The largest absolute Gasteiger partial charge is 0.466 e. The molecule has 1 aromatic carbocycles. The predicted octanol–water partition coefficient (Wildman–Crippen LogP) is 1.99. The molecule has 0 bridgehead atoms. The smallest absolute Gasteiger partial charge is 0.307 e. The normalized spacial score (nSPS) is 10.0. The number of rotatable bonds is 7. The van der Waals surface area contributed by atoms with Gasteiger partial charge in [-0.2, -0.15) is 0 Å². The standard InChI is InChI=1S/C13H16FNO3S/c1-2-18-13(17)7-8-15-12(16)9-19-11-6-4-3-5-10(11)14/h3-6H,2,7-9H2,1H3,(H,15,16). The molecule has 4 nitrogen and oxygen atoms in total. The molecule has 19 heavy (non-hydrogen) atoms. The Balaban J connectivity index is 2.22. The van der Waals surface area contributed by atoms with Gasteiger partial charge in [-0.15, -0.1) is 11.8 Å². The summed E-state index contributed by atoms with van der Waals surface area (Å²) in [6.45, 7) is 2.28. The quantitative estimate of drug-likeness (QED) is 0.615. The molecule has 0 aliphatic rings. The molecule has 6 heteroatoms. The Morgan fingerprint density at radius 2 is 2.11 bits per heavy atom. The Bertz CT molecular complexity index is 440. The average molecular weight is 285 g/mol. The third kappa shape index (κ3) is 6.24. The molecule has 0 aliphatic heterocycles. The van der Waals surface area contributed by atoms with E-state index in [1.54, 1.807) is 25.1 Å². The van der Waals surface area contributed by atoms with Crippen LogP contribution in [-0.4, -0.2) is 30.8 Å². The third-order valence-electron chi connectivity index (χ3n) is 2.15. The van der Waals surface area contributed by atoms with Crippen LogP contribution >= 0.6 is 11.8 Å². The fraction of sp³-hybridized carbons (Fsp3) is 0.385. The molecule has 0 spiro atoms. The maximum Gasteiger partial charge on any atom is 0.307 e. The second-order valence-electron chi connectivity index (χ2n) is 3.62. The second-order valence-corrected chi connectivity index (χ2v) is 4.64. The molecule has 1 rings (SSSR count). The fourth-order valence-electron chi connectivity index (χ4n) is 1.29. The maximum atomic E-state index is 13.3. The van der Waals surface area contributed by atoms with Gasteiger partial charge in [0.25, 0.3) is 0 Å². The molecule has 0 saturated heterocycles. The highest BCUT2D eigenvalue weighted by Crippen LogP contribution is 2.20. The molecule has 0 aliphatic carbocycles. The Labute approximate surface area is 115 Å². The monoisotopic (exact) mass is 285 g/mol. The number of carbonyl (C=O) groups excluding carboxylic acids is 2. The zero-order chi connectivity index (χ0) is 14.1. The van der Waals surface area contributed by atoms with E-state index < -0.39 is 0 Å². The molecular weight excluding hydrogens is 269 g/mol. The van der Waals surface area contributed by atoms with E-state index in [-0.39, 0.29) is 36.4 Å². The van der Waals surface area contributed by atoms with E-state index in [4.69, 9.17) is 4.74 Å². The minimum atomic E-state index is -0.343. The first-order valence-electron chi connectivity index (χ1n) is 5.93. The lowest BCUT2D eigenvalue weighted by Crippen LogP contribution is -2.28. The number of halogens is 1. The Hall–Kier alpha value is -1.56. The molecule has 0 aromatic heterocycles. The molecule has 0 radical (unpaired) electrons. The van der Waals surface area contributed by atoms with Crippen LogP contribution < -0.4 is 5.32 Å². The second kappa shape index (κ2) is 8.53. The zero-order valence-electron chi connectivity index (χ0n) is 10.6. The van der Waals surface area contributed by atoms with Gasteiger partial charge in [0.1, 0.15) is 5.82 Å². The van der Waals surface area contributed by atoms with E-state index in [1.807, 2.05) is 0 Å². The van der Waals surface area contributed by atoms with Crippen LogP contribution in [0.4, 0.5) is 4.39 Å². The minimum Gasteiger partial charge on any atom is -0.466 e. The van der Waals surface area contributed by atoms with Crippen molar-refractivity contribution in [2.75, 3.05) is 18.9 Å². The average Bonchev–Trinajstić information content (AvgIpc) is 2.38. The number of esters is 1. The summed E-state index contributed by atoms with van der Waals surface area (Å²) >= 11 is 1.12. The zero-order valence-corrected chi connectivity index (χ0v) is 11.5. The van der Waals surface area contributed by atoms with Gasteiger partial charge in [0.05, 0.1) is 18.8 Å². The molecule has 0 heterocycles. The topological polar surface area (TPSA) is 55.4 Å². The van der Waals surface area contributed by atoms with E-state index in [0.29, 0.717) is 11.5 Å². The van der Waals surface area contributed by atoms with Crippen LogP contribution in [0.15, 0.2) is 29.2 Å². The predicted molar refractivity (Wildman–Crippen MR) is 71.4 cm³/mol. The molecule has 0 saturated carbocycles. The van der Waals surface area contributed by atoms with Gasteiger partial charge < -0.3 is 10.1 Å². The number of amides is 1. The summed E-state index contributed by atoms with van der Waals surface area (Å²) in [6.07, 6.45) is 0.143. The number of thioether (sulfide) groups is 1. The van der Waals surface area contributed by atoms with Crippen molar-refractivity contribution in [1.29, 1.82) is 0 Å². The number of carbonyl (C=O) groups is 2. The van der Waals surface area contributed by atoms with E-state index in [2.05, 4.69) is 5.32 Å². The van der Waals surface area contributed by atoms with Crippen molar-refractivity contribution < 1.29 is 18.7 Å². The van der Waals surface area contributed by atoms with Gasteiger partial charge in [-0.3, -0.25) is 9.59 Å². The molecule has 104 valence electrons. The number of benzene rings is 1. The van der Waals surface area contributed by atoms with Gasteiger partial charge >= 0.3 is 5.97 Å². The SMILES string of the molecule is CCOC(=O)CCNC(=O)CSc1ccccc1F. The lowest BCUT2D eigenvalue weighted by Gasteiger charge is -2.05. The van der Waals surface area contributed by atoms with Crippen molar-refractivity contribution in [3.05, 3.63) is 30.1 Å². The number of hydrogen-bond donors (Lipinski definition) is 1. The summed E-state index contributed by atoms with van der Waals surface area (Å²) in [7, 11) is 0. The lowest BCUT2D eigenvalue weighted by atomic mass is 10.3. The van der Waals surface area contributed by atoms with Gasteiger partial charge in [0.15, 0.2) is 0 Å². The van der Waals surface area contributed by atoms with Gasteiger partial charge in [0.2, 0.25) is 5.91 Å². The fourth-order valence-corrected chi connectivity index (χ4v) is 2.06. The third-order valence-corrected chi connectivity index (χ3v) is 3.20. The van der Waals surface area contributed by atoms with Crippen LogP contribution in [0.5, 0.6) is 0 Å². The highest BCUT2D eigenvalue weighted by atomic mass is 32.2. The molecule has 1 aromatic rings. The lowest BCUT2D eigenvalue weighted by molar-refractivity contribution is -0.142. The first-order chi connectivity index (χ1) is 9.13. The van der Waals surface area contributed by atoms with E-state index in [9.17, 15) is 14.0 Å². The highest BCUT2D eigenvalue weighted by Gasteiger charge is 2.07. The molecule has 0 unspecified atom stereocenters. The van der Waals surface area contributed by atoms with Crippen LogP contribution in [0.1, 0.15) is 13.3 Å². The summed E-state index contributed by atoms with van der Waals surface area (Å²) in [4.78, 5) is 22.9. The minimum absolute atomic E-state index is 0.115. The van der Waals surface area contributed by atoms with Gasteiger partial charge in [0, 0.05) is 11.4 Å². The first-order valence-corrected chi connectivity index (χ1v) is 6.91. The van der Waals surface area contributed by atoms with Crippen molar-refractivity contribution >= 4 is 23.6 Å². The summed E-state index contributed by atoms with van der Waals surface area (Å²) in [5.41, 5.74) is 0. The van der Waals surface area contributed by atoms with Gasteiger partial charge in [-0.1, -0.05) is 12.1 Å². The number of hydrogen-bond acceptors (Lipinski definition) is 4. The molecule has 0 fully saturated rings. The molecule has 1 N–H and O–H groups in total. The molecular formula is C13H16FNO3S. The van der Waals surface area contributed by atoms with E-state index >= 15 is 0 Å². The van der Waals surface area contributed by atoms with Crippen molar-refractivity contribution in [3.8, 4) is 0 Å².